The first kappa shape index (κ1) is 14.6. The number of aromatic nitrogens is 4. The SMILES string of the molecule is Cc1nnc(CN2CCN(c3nsc4ccccc34)CC2)n1C. The average Bonchev–Trinajstić information content (AvgIpc) is 3.14. The first-order valence-corrected chi connectivity index (χ1v) is 8.66. The second-order valence-electron chi connectivity index (χ2n) is 5.99. The van der Waals surface area contributed by atoms with Crippen LogP contribution in [0.2, 0.25) is 0 Å². The number of benzene rings is 1. The highest BCUT2D eigenvalue weighted by Gasteiger charge is 2.21. The minimum Gasteiger partial charge on any atom is -0.353 e. The quantitative estimate of drug-likeness (QED) is 0.736. The highest BCUT2D eigenvalue weighted by molar-refractivity contribution is 7.13. The summed E-state index contributed by atoms with van der Waals surface area (Å²) in [6.45, 7) is 6.91. The molecule has 1 aromatic carbocycles. The number of hydrogen-bond donors (Lipinski definition) is 0. The lowest BCUT2D eigenvalue weighted by atomic mass is 10.2. The van der Waals surface area contributed by atoms with Gasteiger partial charge in [0.2, 0.25) is 0 Å². The summed E-state index contributed by atoms with van der Waals surface area (Å²) >= 11 is 1.59. The third-order valence-electron chi connectivity index (χ3n) is 4.58. The van der Waals surface area contributed by atoms with Crippen LogP contribution in [0.3, 0.4) is 0 Å². The van der Waals surface area contributed by atoms with Crippen molar-refractivity contribution in [1.29, 1.82) is 0 Å². The predicted molar refractivity (Wildman–Crippen MR) is 92.9 cm³/mol. The Kier molecular flexibility index (Phi) is 3.74. The molecular formula is C16H20N6S. The molecule has 7 heteroatoms. The minimum atomic E-state index is 0.864. The first-order chi connectivity index (χ1) is 11.2. The number of hydrogen-bond acceptors (Lipinski definition) is 6. The molecule has 0 N–H and O–H groups in total. The molecule has 4 rings (SSSR count). The lowest BCUT2D eigenvalue weighted by molar-refractivity contribution is 0.241. The molecule has 0 spiro atoms. The molecule has 0 atom stereocenters. The Morgan fingerprint density at radius 3 is 2.61 bits per heavy atom. The second kappa shape index (κ2) is 5.90. The Morgan fingerprint density at radius 1 is 1.09 bits per heavy atom. The minimum absolute atomic E-state index is 0.864. The number of rotatable bonds is 3. The van der Waals surface area contributed by atoms with Gasteiger partial charge in [-0.15, -0.1) is 10.2 Å². The summed E-state index contributed by atoms with van der Waals surface area (Å²) < 4.78 is 8.00. The van der Waals surface area contributed by atoms with E-state index in [0.29, 0.717) is 0 Å². The van der Waals surface area contributed by atoms with E-state index >= 15 is 0 Å². The number of aryl methyl sites for hydroxylation is 1. The molecule has 0 amide bonds. The van der Waals surface area contributed by atoms with Gasteiger partial charge in [-0.25, -0.2) is 0 Å². The maximum atomic E-state index is 4.67. The largest absolute Gasteiger partial charge is 0.353 e. The molecule has 23 heavy (non-hydrogen) atoms. The summed E-state index contributed by atoms with van der Waals surface area (Å²) in [5, 5.41) is 9.68. The molecule has 1 aliphatic heterocycles. The van der Waals surface area contributed by atoms with Crippen LogP contribution >= 0.6 is 11.5 Å². The van der Waals surface area contributed by atoms with Gasteiger partial charge in [0, 0.05) is 38.6 Å². The zero-order chi connectivity index (χ0) is 15.8. The van der Waals surface area contributed by atoms with Crippen molar-refractivity contribution in [1.82, 2.24) is 24.0 Å². The molecule has 120 valence electrons. The lowest BCUT2D eigenvalue weighted by Gasteiger charge is -2.34. The van der Waals surface area contributed by atoms with Gasteiger partial charge in [-0.05, 0) is 30.6 Å². The van der Waals surface area contributed by atoms with Crippen LogP contribution in [0.1, 0.15) is 11.6 Å². The van der Waals surface area contributed by atoms with E-state index in [9.17, 15) is 0 Å². The predicted octanol–water partition coefficient (Wildman–Crippen LogP) is 2.06. The van der Waals surface area contributed by atoms with E-state index in [1.807, 2.05) is 14.0 Å². The van der Waals surface area contributed by atoms with Crippen LogP contribution in [0.4, 0.5) is 5.82 Å². The zero-order valence-corrected chi connectivity index (χ0v) is 14.3. The molecule has 1 fully saturated rings. The van der Waals surface area contributed by atoms with E-state index in [1.165, 1.54) is 10.1 Å². The number of nitrogens with zero attached hydrogens (tertiary/aromatic N) is 6. The van der Waals surface area contributed by atoms with Crippen LogP contribution in [0.5, 0.6) is 0 Å². The molecule has 1 aliphatic rings. The van der Waals surface area contributed by atoms with E-state index in [4.69, 9.17) is 0 Å². The van der Waals surface area contributed by atoms with Gasteiger partial charge in [0.15, 0.2) is 0 Å². The van der Waals surface area contributed by atoms with Gasteiger partial charge in [0.05, 0.1) is 11.2 Å². The Morgan fingerprint density at radius 2 is 1.87 bits per heavy atom. The van der Waals surface area contributed by atoms with Crippen LogP contribution < -0.4 is 4.90 Å². The molecule has 6 nitrogen and oxygen atoms in total. The summed E-state index contributed by atoms with van der Waals surface area (Å²) in [7, 11) is 2.03. The maximum Gasteiger partial charge on any atom is 0.150 e. The second-order valence-corrected chi connectivity index (χ2v) is 6.79. The molecule has 0 unspecified atom stereocenters. The molecule has 1 saturated heterocycles. The molecule has 2 aromatic heterocycles. The van der Waals surface area contributed by atoms with Crippen LogP contribution in [0, 0.1) is 6.92 Å². The zero-order valence-electron chi connectivity index (χ0n) is 13.4. The Labute approximate surface area is 139 Å². The smallest absolute Gasteiger partial charge is 0.150 e. The Bertz CT molecular complexity index is 815. The fourth-order valence-corrected chi connectivity index (χ4v) is 3.80. The van der Waals surface area contributed by atoms with Crippen molar-refractivity contribution in [2.45, 2.75) is 13.5 Å². The normalized spacial score (nSPS) is 16.3. The van der Waals surface area contributed by atoms with Crippen molar-refractivity contribution in [3.63, 3.8) is 0 Å². The van der Waals surface area contributed by atoms with Gasteiger partial charge in [0.25, 0.3) is 0 Å². The third-order valence-corrected chi connectivity index (χ3v) is 5.39. The van der Waals surface area contributed by atoms with Gasteiger partial charge < -0.3 is 9.47 Å². The summed E-state index contributed by atoms with van der Waals surface area (Å²) in [5.41, 5.74) is 0. The van der Waals surface area contributed by atoms with Crippen molar-refractivity contribution in [3.8, 4) is 0 Å². The van der Waals surface area contributed by atoms with Crippen molar-refractivity contribution < 1.29 is 0 Å². The summed E-state index contributed by atoms with van der Waals surface area (Å²) in [6.07, 6.45) is 0. The fraction of sp³-hybridized carbons (Fsp3) is 0.438. The fourth-order valence-electron chi connectivity index (χ4n) is 3.01. The summed E-state index contributed by atoms with van der Waals surface area (Å²) in [4.78, 5) is 4.84. The molecule has 0 aliphatic carbocycles. The number of anilines is 1. The van der Waals surface area contributed by atoms with Gasteiger partial charge >= 0.3 is 0 Å². The van der Waals surface area contributed by atoms with E-state index < -0.39 is 0 Å². The number of piperazine rings is 1. The van der Waals surface area contributed by atoms with Crippen molar-refractivity contribution >= 4 is 27.4 Å². The van der Waals surface area contributed by atoms with E-state index in [2.05, 4.69) is 53.2 Å². The van der Waals surface area contributed by atoms with E-state index in [-0.39, 0.29) is 0 Å². The van der Waals surface area contributed by atoms with Gasteiger partial charge in [0.1, 0.15) is 17.5 Å². The van der Waals surface area contributed by atoms with Crippen molar-refractivity contribution in [2.24, 2.45) is 7.05 Å². The van der Waals surface area contributed by atoms with Gasteiger partial charge in [-0.2, -0.15) is 4.37 Å². The average molecular weight is 328 g/mol. The van der Waals surface area contributed by atoms with Crippen molar-refractivity contribution in [2.75, 3.05) is 31.1 Å². The van der Waals surface area contributed by atoms with Crippen LogP contribution in [0.15, 0.2) is 24.3 Å². The van der Waals surface area contributed by atoms with E-state index in [1.54, 1.807) is 11.5 Å². The highest BCUT2D eigenvalue weighted by atomic mass is 32.1. The Balaban J connectivity index is 1.44. The maximum absolute atomic E-state index is 4.67. The van der Waals surface area contributed by atoms with E-state index in [0.717, 1.165) is 50.2 Å². The standard InChI is InChI=1S/C16H20N6S/c1-12-17-18-15(20(12)2)11-21-7-9-22(10-8-21)16-13-5-3-4-6-14(13)23-19-16/h3-6H,7-11H2,1-2H3. The molecule has 0 bridgehead atoms. The topological polar surface area (TPSA) is 50.1 Å². The van der Waals surface area contributed by atoms with Gasteiger partial charge in [-0.3, -0.25) is 4.90 Å². The van der Waals surface area contributed by atoms with Crippen LogP contribution in [0.25, 0.3) is 10.1 Å². The highest BCUT2D eigenvalue weighted by Crippen LogP contribution is 2.29. The molecule has 3 heterocycles. The Hall–Kier alpha value is -1.99. The van der Waals surface area contributed by atoms with Crippen molar-refractivity contribution in [3.05, 3.63) is 35.9 Å². The summed E-state index contributed by atoms with van der Waals surface area (Å²) in [5.74, 6) is 3.14. The number of fused-ring (bicyclic) bond motifs is 1. The molecule has 0 radical (unpaired) electrons. The monoisotopic (exact) mass is 328 g/mol. The van der Waals surface area contributed by atoms with Crippen LogP contribution in [-0.2, 0) is 13.6 Å². The molecular weight excluding hydrogens is 308 g/mol. The summed E-state index contributed by atoms with van der Waals surface area (Å²) in [6, 6.07) is 8.48. The first-order valence-electron chi connectivity index (χ1n) is 7.89. The van der Waals surface area contributed by atoms with Crippen LogP contribution in [-0.4, -0.2) is 50.2 Å². The molecule has 3 aromatic rings. The molecule has 0 saturated carbocycles. The third kappa shape index (κ3) is 2.70. The van der Waals surface area contributed by atoms with Gasteiger partial charge in [-0.1, -0.05) is 12.1 Å². The lowest BCUT2D eigenvalue weighted by Crippen LogP contribution is -2.46.